The number of carboxylic acid groups (broad SMARTS) is 3. The highest BCUT2D eigenvalue weighted by atomic mass is 35.5. The fourth-order valence-corrected chi connectivity index (χ4v) is 5.89. The number of fused-ring (bicyclic) bond motifs is 1. The zero-order valence-electron chi connectivity index (χ0n) is 24.7. The van der Waals surface area contributed by atoms with E-state index >= 15 is 0 Å². The van der Waals surface area contributed by atoms with E-state index in [-0.39, 0.29) is 5.56 Å². The second-order valence-electron chi connectivity index (χ2n) is 10.4. The molecule has 0 unspecified atom stereocenters. The Balaban J connectivity index is 0.000000315. The van der Waals surface area contributed by atoms with E-state index in [4.69, 9.17) is 41.5 Å². The summed E-state index contributed by atoms with van der Waals surface area (Å²) in [5.41, 5.74) is -0.525. The van der Waals surface area contributed by atoms with Crippen LogP contribution in [0.2, 0.25) is 5.02 Å². The normalized spacial score (nSPS) is 13.2. The zero-order chi connectivity index (χ0) is 33.4. The first-order chi connectivity index (χ1) is 21.9. The summed E-state index contributed by atoms with van der Waals surface area (Å²) in [5.74, 6) is -3.74. The number of methoxy groups -OCH3 is 1. The third-order valence-electron chi connectivity index (χ3n) is 7.11. The van der Waals surface area contributed by atoms with Crippen molar-refractivity contribution in [1.29, 1.82) is 0 Å². The molecule has 1 aliphatic rings. The minimum atomic E-state index is -2.74. The van der Waals surface area contributed by atoms with E-state index in [1.807, 2.05) is 48.5 Å². The predicted molar refractivity (Wildman–Crippen MR) is 170 cm³/mol. The molecule has 0 amide bonds. The molecule has 0 aliphatic carbocycles. The lowest BCUT2D eigenvalue weighted by atomic mass is 9.96. The summed E-state index contributed by atoms with van der Waals surface area (Å²) in [4.78, 5) is 50.8. The van der Waals surface area contributed by atoms with Gasteiger partial charge in [0.2, 0.25) is 0 Å². The Kier molecular flexibility index (Phi) is 11.4. The van der Waals surface area contributed by atoms with E-state index in [1.165, 1.54) is 24.2 Å². The maximum atomic E-state index is 13.3. The van der Waals surface area contributed by atoms with Gasteiger partial charge in [0.05, 0.1) is 31.2 Å². The molecular weight excluding hydrogens is 642 g/mol. The van der Waals surface area contributed by atoms with Crippen molar-refractivity contribution in [1.82, 2.24) is 14.5 Å². The van der Waals surface area contributed by atoms with Crippen LogP contribution >= 0.6 is 22.9 Å². The highest BCUT2D eigenvalue weighted by Crippen LogP contribution is 2.31. The second kappa shape index (κ2) is 15.2. The van der Waals surface area contributed by atoms with Gasteiger partial charge < -0.3 is 29.9 Å². The SMILES string of the molecule is COc1cc(-n2ccc3nc(-c4ccc(Cl)cc4)sc3c2=O)ccc1OCCN1CCCC1.O=C(O)CC(O)(CC(=O)O)C(=O)O. The lowest BCUT2D eigenvalue weighted by Gasteiger charge is -2.18. The van der Waals surface area contributed by atoms with Crippen LogP contribution in [-0.2, 0) is 14.4 Å². The number of carboxylic acids is 3. The molecule has 2 aromatic heterocycles. The first kappa shape index (κ1) is 34.4. The summed E-state index contributed by atoms with van der Waals surface area (Å²) in [6, 6.07) is 14.9. The van der Waals surface area contributed by atoms with Crippen LogP contribution in [0.3, 0.4) is 0 Å². The molecule has 1 saturated heterocycles. The lowest BCUT2D eigenvalue weighted by Crippen LogP contribution is -2.42. The van der Waals surface area contributed by atoms with Gasteiger partial charge in [-0.05, 0) is 56.3 Å². The number of aliphatic carboxylic acids is 3. The second-order valence-corrected chi connectivity index (χ2v) is 11.9. The number of aliphatic hydroxyl groups is 1. The average molecular weight is 674 g/mol. The smallest absolute Gasteiger partial charge is 0.336 e. The highest BCUT2D eigenvalue weighted by molar-refractivity contribution is 7.21. The fourth-order valence-electron chi connectivity index (χ4n) is 4.77. The number of likely N-dealkylation sites (tertiary alicyclic amines) is 1. The van der Waals surface area contributed by atoms with Crippen molar-refractivity contribution in [3.05, 3.63) is 70.1 Å². The van der Waals surface area contributed by atoms with Crippen LogP contribution < -0.4 is 15.0 Å². The zero-order valence-corrected chi connectivity index (χ0v) is 26.3. The Bertz CT molecular complexity index is 1750. The number of nitrogens with zero attached hydrogens (tertiary/aromatic N) is 3. The van der Waals surface area contributed by atoms with Gasteiger partial charge >= 0.3 is 17.9 Å². The van der Waals surface area contributed by atoms with E-state index in [9.17, 15) is 19.2 Å². The highest BCUT2D eigenvalue weighted by Gasteiger charge is 2.40. The molecule has 4 N–H and O–H groups in total. The fraction of sp³-hybridized carbons (Fsp3) is 0.323. The number of hydrogen-bond acceptors (Lipinski definition) is 10. The van der Waals surface area contributed by atoms with Crippen LogP contribution in [0, 0.1) is 0 Å². The molecule has 15 heteroatoms. The summed E-state index contributed by atoms with van der Waals surface area (Å²) in [6.07, 6.45) is 1.98. The third kappa shape index (κ3) is 8.60. The average Bonchev–Trinajstić information content (AvgIpc) is 3.68. The van der Waals surface area contributed by atoms with Gasteiger partial charge in [-0.3, -0.25) is 23.9 Å². The standard InChI is InChI=1S/C25H24ClN3O3S.C6H8O7/c1-31-22-16-19(8-9-21(22)32-15-14-28-11-2-3-12-28)29-13-10-20-23(25(29)30)33-24(27-20)17-4-6-18(26)7-5-17;7-3(8)1-6(13,5(11)12)2-4(9)10/h4-10,13,16H,2-3,11-12,14-15H2,1H3;13H,1-2H2,(H,7,8)(H,9,10)(H,11,12). The quantitative estimate of drug-likeness (QED) is 0.169. The minimum Gasteiger partial charge on any atom is -0.493 e. The molecule has 0 saturated carbocycles. The molecule has 3 heterocycles. The Morgan fingerprint density at radius 1 is 0.978 bits per heavy atom. The number of hydrogen-bond donors (Lipinski definition) is 4. The van der Waals surface area contributed by atoms with Crippen molar-refractivity contribution < 1.29 is 44.3 Å². The van der Waals surface area contributed by atoms with Crippen LogP contribution in [-0.4, -0.2) is 91.7 Å². The third-order valence-corrected chi connectivity index (χ3v) is 8.47. The van der Waals surface area contributed by atoms with Crippen LogP contribution in [0.4, 0.5) is 0 Å². The molecule has 0 spiro atoms. The van der Waals surface area contributed by atoms with Gasteiger partial charge in [0.25, 0.3) is 5.56 Å². The largest absolute Gasteiger partial charge is 0.493 e. The van der Waals surface area contributed by atoms with Crippen LogP contribution in [0.1, 0.15) is 25.7 Å². The summed E-state index contributed by atoms with van der Waals surface area (Å²) in [7, 11) is 1.61. The number of carbonyl (C=O) groups is 3. The Labute approximate surface area is 271 Å². The van der Waals surface area contributed by atoms with Gasteiger partial charge in [-0.25, -0.2) is 9.78 Å². The van der Waals surface area contributed by atoms with E-state index in [0.717, 1.165) is 30.2 Å². The van der Waals surface area contributed by atoms with Crippen molar-refractivity contribution in [2.75, 3.05) is 33.4 Å². The number of rotatable bonds is 12. The van der Waals surface area contributed by atoms with Gasteiger partial charge in [-0.1, -0.05) is 23.7 Å². The monoisotopic (exact) mass is 673 g/mol. The van der Waals surface area contributed by atoms with Crippen molar-refractivity contribution >= 4 is 51.1 Å². The number of benzene rings is 2. The molecule has 5 rings (SSSR count). The molecule has 0 atom stereocenters. The lowest BCUT2D eigenvalue weighted by molar-refractivity contribution is -0.170. The molecule has 13 nitrogen and oxygen atoms in total. The Hall–Kier alpha value is -4.50. The summed E-state index contributed by atoms with van der Waals surface area (Å²) in [6.45, 7) is 3.79. The van der Waals surface area contributed by atoms with Gasteiger partial charge in [-0.15, -0.1) is 11.3 Å². The van der Waals surface area contributed by atoms with E-state index in [0.29, 0.717) is 39.0 Å². The molecule has 0 radical (unpaired) electrons. The molecule has 1 aliphatic heterocycles. The van der Waals surface area contributed by atoms with E-state index in [2.05, 4.69) is 9.88 Å². The van der Waals surface area contributed by atoms with Crippen LogP contribution in [0.25, 0.3) is 26.5 Å². The van der Waals surface area contributed by atoms with Gasteiger partial charge in [-0.2, -0.15) is 0 Å². The van der Waals surface area contributed by atoms with Gasteiger partial charge in [0, 0.05) is 29.4 Å². The van der Waals surface area contributed by atoms with Gasteiger partial charge in [0.1, 0.15) is 16.3 Å². The van der Waals surface area contributed by atoms with Crippen LogP contribution in [0.5, 0.6) is 11.5 Å². The predicted octanol–water partition coefficient (Wildman–Crippen LogP) is 4.00. The maximum Gasteiger partial charge on any atom is 0.336 e. The number of pyridine rings is 1. The maximum absolute atomic E-state index is 13.3. The van der Waals surface area contributed by atoms with E-state index < -0.39 is 36.4 Å². The topological polar surface area (TPSA) is 189 Å². The first-order valence-electron chi connectivity index (χ1n) is 14.1. The van der Waals surface area contributed by atoms with Crippen molar-refractivity contribution in [2.24, 2.45) is 0 Å². The molecule has 244 valence electrons. The minimum absolute atomic E-state index is 0.116. The number of ether oxygens (including phenoxy) is 2. The van der Waals surface area contributed by atoms with E-state index in [1.54, 1.807) is 17.9 Å². The number of halogens is 1. The summed E-state index contributed by atoms with van der Waals surface area (Å²) < 4.78 is 13.7. The molecule has 2 aromatic carbocycles. The van der Waals surface area contributed by atoms with Gasteiger partial charge in [0.15, 0.2) is 17.1 Å². The number of thiazole rings is 1. The Morgan fingerprint density at radius 3 is 2.22 bits per heavy atom. The molecular formula is C31H32ClN3O10S. The first-order valence-corrected chi connectivity index (χ1v) is 15.3. The summed E-state index contributed by atoms with van der Waals surface area (Å²) in [5, 5.41) is 35.3. The molecule has 46 heavy (non-hydrogen) atoms. The van der Waals surface area contributed by atoms with Crippen molar-refractivity contribution in [3.63, 3.8) is 0 Å². The Morgan fingerprint density at radius 2 is 1.63 bits per heavy atom. The van der Waals surface area contributed by atoms with Crippen molar-refractivity contribution in [2.45, 2.75) is 31.3 Å². The van der Waals surface area contributed by atoms with Crippen molar-refractivity contribution in [3.8, 4) is 27.8 Å². The molecule has 0 bridgehead atoms. The van der Waals surface area contributed by atoms with Crippen LogP contribution in [0.15, 0.2) is 59.5 Å². The number of aromatic nitrogens is 2. The molecule has 1 fully saturated rings. The molecule has 4 aromatic rings. The summed E-state index contributed by atoms with van der Waals surface area (Å²) >= 11 is 7.37.